The van der Waals surface area contributed by atoms with E-state index < -0.39 is 0 Å². The molecule has 2 heterocycles. The van der Waals surface area contributed by atoms with Gasteiger partial charge in [-0.1, -0.05) is 0 Å². The Labute approximate surface area is 84.0 Å². The third-order valence-corrected chi connectivity index (χ3v) is 2.03. The highest BCUT2D eigenvalue weighted by Gasteiger charge is 1.98. The van der Waals surface area contributed by atoms with Crippen molar-refractivity contribution in [1.29, 1.82) is 0 Å². The molecule has 0 saturated carbocycles. The Balaban J connectivity index is 2.42. The van der Waals surface area contributed by atoms with Crippen molar-refractivity contribution < 1.29 is 0 Å². The van der Waals surface area contributed by atoms with Gasteiger partial charge in [-0.3, -0.25) is 4.98 Å². The van der Waals surface area contributed by atoms with Gasteiger partial charge in [0.1, 0.15) is 5.69 Å². The second-order valence-corrected chi connectivity index (χ2v) is 3.39. The molecule has 0 aliphatic carbocycles. The van der Waals surface area contributed by atoms with Crippen molar-refractivity contribution >= 4 is 15.9 Å². The molecule has 4 heteroatoms. The van der Waals surface area contributed by atoms with Gasteiger partial charge in [0.15, 0.2) is 0 Å². The molecule has 0 amide bonds. The summed E-state index contributed by atoms with van der Waals surface area (Å²) in [6, 6.07) is 7.54. The molecule has 3 nitrogen and oxygen atoms in total. The van der Waals surface area contributed by atoms with Crippen LogP contribution >= 0.6 is 15.9 Å². The van der Waals surface area contributed by atoms with Gasteiger partial charge in [-0.05, 0) is 40.2 Å². The van der Waals surface area contributed by atoms with Gasteiger partial charge in [-0.25, -0.2) is 0 Å². The Bertz CT molecular complexity index is 385. The first-order valence-electron chi connectivity index (χ1n) is 3.76. The van der Waals surface area contributed by atoms with E-state index in [1.165, 1.54) is 0 Å². The summed E-state index contributed by atoms with van der Waals surface area (Å²) >= 11 is 3.32. The summed E-state index contributed by atoms with van der Waals surface area (Å²) in [5.41, 5.74) is 1.62. The van der Waals surface area contributed by atoms with Crippen LogP contribution in [-0.4, -0.2) is 15.2 Å². The summed E-state index contributed by atoms with van der Waals surface area (Å²) in [6.07, 6.45) is 3.38. The lowest BCUT2D eigenvalue weighted by Gasteiger charge is -1.97. The van der Waals surface area contributed by atoms with Crippen molar-refractivity contribution in [2.24, 2.45) is 0 Å². The van der Waals surface area contributed by atoms with Crippen LogP contribution in [0.2, 0.25) is 0 Å². The van der Waals surface area contributed by atoms with Crippen molar-refractivity contribution in [2.75, 3.05) is 0 Å². The van der Waals surface area contributed by atoms with Gasteiger partial charge in [0.2, 0.25) is 0 Å². The molecule has 2 rings (SSSR count). The van der Waals surface area contributed by atoms with Crippen LogP contribution in [0.1, 0.15) is 0 Å². The monoisotopic (exact) mass is 235 g/mol. The highest BCUT2D eigenvalue weighted by molar-refractivity contribution is 9.10. The number of rotatable bonds is 1. The summed E-state index contributed by atoms with van der Waals surface area (Å²) in [6.45, 7) is 0. The number of hydrogen-bond acceptors (Lipinski definition) is 3. The first kappa shape index (κ1) is 8.31. The van der Waals surface area contributed by atoms with Gasteiger partial charge in [0.05, 0.1) is 5.69 Å². The summed E-state index contributed by atoms with van der Waals surface area (Å²) in [5.74, 6) is 0. The average Bonchev–Trinajstić information content (AvgIpc) is 2.20. The first-order valence-corrected chi connectivity index (χ1v) is 4.55. The Hall–Kier alpha value is -1.29. The predicted octanol–water partition coefficient (Wildman–Crippen LogP) is 2.30. The van der Waals surface area contributed by atoms with Crippen LogP contribution in [0.4, 0.5) is 0 Å². The van der Waals surface area contributed by atoms with Crippen LogP contribution in [0.15, 0.2) is 41.1 Å². The minimum atomic E-state index is 0.787. The molecule has 0 aromatic carbocycles. The van der Waals surface area contributed by atoms with E-state index >= 15 is 0 Å². The third kappa shape index (κ3) is 1.89. The van der Waals surface area contributed by atoms with Crippen molar-refractivity contribution in [3.63, 3.8) is 0 Å². The average molecular weight is 236 g/mol. The fourth-order valence-electron chi connectivity index (χ4n) is 0.965. The highest BCUT2D eigenvalue weighted by Crippen LogP contribution is 2.15. The van der Waals surface area contributed by atoms with E-state index in [2.05, 4.69) is 31.1 Å². The van der Waals surface area contributed by atoms with Crippen LogP contribution in [0.25, 0.3) is 11.4 Å². The second-order valence-electron chi connectivity index (χ2n) is 2.47. The van der Waals surface area contributed by atoms with Crippen molar-refractivity contribution in [2.45, 2.75) is 0 Å². The number of pyridine rings is 1. The van der Waals surface area contributed by atoms with E-state index in [1.807, 2.05) is 24.3 Å². The zero-order chi connectivity index (χ0) is 9.10. The molecular formula is C9H6BrN3. The molecular weight excluding hydrogens is 230 g/mol. The third-order valence-electron chi connectivity index (χ3n) is 1.56. The first-order chi connectivity index (χ1) is 6.36. The molecule has 0 spiro atoms. The van der Waals surface area contributed by atoms with Gasteiger partial charge in [0.25, 0.3) is 0 Å². The van der Waals surface area contributed by atoms with Gasteiger partial charge >= 0.3 is 0 Å². The molecule has 0 saturated heterocycles. The molecule has 2 aromatic rings. The Morgan fingerprint density at radius 1 is 1.08 bits per heavy atom. The molecule has 0 radical (unpaired) electrons. The van der Waals surface area contributed by atoms with Crippen LogP contribution < -0.4 is 0 Å². The maximum absolute atomic E-state index is 4.20. The molecule has 0 fully saturated rings. The van der Waals surface area contributed by atoms with Crippen molar-refractivity contribution in [3.8, 4) is 11.4 Å². The fraction of sp³-hybridized carbons (Fsp3) is 0. The molecule has 0 unspecified atom stereocenters. The molecule has 0 bridgehead atoms. The molecule has 0 aliphatic rings. The molecule has 0 aliphatic heterocycles. The van der Waals surface area contributed by atoms with Gasteiger partial charge in [0, 0.05) is 16.9 Å². The number of hydrogen-bond donors (Lipinski definition) is 0. The summed E-state index contributed by atoms with van der Waals surface area (Å²) in [7, 11) is 0. The zero-order valence-corrected chi connectivity index (χ0v) is 8.27. The summed E-state index contributed by atoms with van der Waals surface area (Å²) in [4.78, 5) is 4.20. The number of nitrogens with zero attached hydrogens (tertiary/aromatic N) is 3. The Morgan fingerprint density at radius 2 is 2.00 bits per heavy atom. The topological polar surface area (TPSA) is 38.7 Å². The van der Waals surface area contributed by atoms with E-state index in [-0.39, 0.29) is 0 Å². The summed E-state index contributed by atoms with van der Waals surface area (Å²) < 4.78 is 0.958. The van der Waals surface area contributed by atoms with Gasteiger partial charge in [-0.2, -0.15) is 5.10 Å². The van der Waals surface area contributed by atoms with E-state index in [1.54, 1.807) is 12.4 Å². The largest absolute Gasteiger partial charge is 0.253 e. The minimum Gasteiger partial charge on any atom is -0.253 e. The number of aromatic nitrogens is 3. The van der Waals surface area contributed by atoms with Gasteiger partial charge < -0.3 is 0 Å². The Kier molecular flexibility index (Phi) is 2.31. The molecule has 0 atom stereocenters. The maximum atomic E-state index is 4.20. The van der Waals surface area contributed by atoms with Crippen LogP contribution in [0, 0.1) is 0 Å². The Morgan fingerprint density at radius 3 is 2.62 bits per heavy atom. The van der Waals surface area contributed by atoms with E-state index in [9.17, 15) is 0 Å². The van der Waals surface area contributed by atoms with Crippen LogP contribution in [0.3, 0.4) is 0 Å². The van der Waals surface area contributed by atoms with E-state index in [4.69, 9.17) is 0 Å². The lowest BCUT2D eigenvalue weighted by Crippen LogP contribution is -1.87. The molecule has 64 valence electrons. The van der Waals surface area contributed by atoms with Crippen molar-refractivity contribution in [3.05, 3.63) is 41.1 Å². The molecule has 2 aromatic heterocycles. The van der Waals surface area contributed by atoms with E-state index in [0.29, 0.717) is 0 Å². The second kappa shape index (κ2) is 3.62. The normalized spacial score (nSPS) is 9.92. The molecule has 13 heavy (non-hydrogen) atoms. The zero-order valence-electron chi connectivity index (χ0n) is 6.68. The SMILES string of the molecule is Brc1ccc(-c2cccnn2)nc1. The lowest BCUT2D eigenvalue weighted by molar-refractivity contribution is 1.03. The van der Waals surface area contributed by atoms with Gasteiger partial charge in [-0.15, -0.1) is 5.10 Å². The number of halogens is 1. The fourth-order valence-corrected chi connectivity index (χ4v) is 1.20. The van der Waals surface area contributed by atoms with Crippen LogP contribution in [0.5, 0.6) is 0 Å². The lowest BCUT2D eigenvalue weighted by atomic mass is 10.2. The summed E-state index contributed by atoms with van der Waals surface area (Å²) in [5, 5.41) is 7.73. The predicted molar refractivity (Wildman–Crippen MR) is 53.0 cm³/mol. The molecule has 0 N–H and O–H groups in total. The van der Waals surface area contributed by atoms with E-state index in [0.717, 1.165) is 15.9 Å². The standard InChI is InChI=1S/C9H6BrN3/c10-7-3-4-8(11-6-7)9-2-1-5-12-13-9/h1-6H. The van der Waals surface area contributed by atoms with Crippen molar-refractivity contribution in [1.82, 2.24) is 15.2 Å². The minimum absolute atomic E-state index is 0.787. The quantitative estimate of drug-likeness (QED) is 0.762. The highest BCUT2D eigenvalue weighted by atomic mass is 79.9. The maximum Gasteiger partial charge on any atom is 0.111 e. The van der Waals surface area contributed by atoms with Crippen LogP contribution in [-0.2, 0) is 0 Å². The smallest absolute Gasteiger partial charge is 0.111 e.